The molecule has 7 rings (SSSR count). The molecule has 1 aliphatic heterocycles. The van der Waals surface area contributed by atoms with Crippen LogP contribution in [0.1, 0.15) is 50.0 Å². The molecule has 3 heterocycles. The van der Waals surface area contributed by atoms with Gasteiger partial charge in [-0.15, -0.1) is 0 Å². The summed E-state index contributed by atoms with van der Waals surface area (Å²) in [5, 5.41) is 4.50. The molecule has 0 radical (unpaired) electrons. The zero-order valence-corrected chi connectivity index (χ0v) is 15.5. The first-order valence-electron chi connectivity index (χ1n) is 10.2. The zero-order valence-electron chi connectivity index (χ0n) is 15.5. The number of nitrogens with zero attached hydrogens (tertiary/aromatic N) is 5. The van der Waals surface area contributed by atoms with Crippen LogP contribution in [-0.4, -0.2) is 43.6 Å². The molecule has 1 amide bonds. The van der Waals surface area contributed by atoms with Crippen molar-refractivity contribution < 1.29 is 4.79 Å². The number of rotatable bonds is 3. The van der Waals surface area contributed by atoms with Crippen LogP contribution < -0.4 is 0 Å². The molecule has 0 N–H and O–H groups in total. The Balaban J connectivity index is 1.25. The predicted octanol–water partition coefficient (Wildman–Crippen LogP) is 2.59. The lowest BCUT2D eigenvalue weighted by molar-refractivity contribution is -0.171. The molecular formula is C21H25N5O. The van der Waals surface area contributed by atoms with Crippen LogP contribution in [-0.2, 0) is 10.3 Å². The molecule has 6 heteroatoms. The molecule has 4 saturated carbocycles. The molecule has 1 saturated heterocycles. The molecule has 4 bridgehead atoms. The maximum atomic E-state index is 13.6. The van der Waals surface area contributed by atoms with E-state index in [4.69, 9.17) is 0 Å². The molecule has 2 aromatic heterocycles. The van der Waals surface area contributed by atoms with E-state index in [9.17, 15) is 4.79 Å². The van der Waals surface area contributed by atoms with Gasteiger partial charge in [-0.3, -0.25) is 9.78 Å². The summed E-state index contributed by atoms with van der Waals surface area (Å²) in [5.41, 5.74) is 1.10. The molecule has 4 aliphatic carbocycles. The summed E-state index contributed by atoms with van der Waals surface area (Å²) >= 11 is 0. The molecule has 2 atom stereocenters. The molecule has 0 unspecified atom stereocenters. The van der Waals surface area contributed by atoms with Gasteiger partial charge in [-0.25, -0.2) is 9.67 Å². The van der Waals surface area contributed by atoms with E-state index in [2.05, 4.69) is 30.7 Å². The normalized spacial score (nSPS) is 37.4. The number of amides is 1. The van der Waals surface area contributed by atoms with Crippen molar-refractivity contribution >= 4 is 5.91 Å². The van der Waals surface area contributed by atoms with E-state index in [1.54, 1.807) is 6.33 Å². The highest BCUT2D eigenvalue weighted by atomic mass is 16.2. The van der Waals surface area contributed by atoms with Crippen molar-refractivity contribution in [2.75, 3.05) is 13.1 Å². The Kier molecular flexibility index (Phi) is 3.15. The van der Waals surface area contributed by atoms with Crippen molar-refractivity contribution in [3.8, 4) is 0 Å². The van der Waals surface area contributed by atoms with Crippen LogP contribution in [0.2, 0.25) is 0 Å². The quantitative estimate of drug-likeness (QED) is 0.841. The zero-order chi connectivity index (χ0) is 18.1. The SMILES string of the molecule is O=C(N1CC(c2cccnc2)C1)C12C[C@H]3C[C@H](C1)CC(n1cncn1)(C3)C2. The van der Waals surface area contributed by atoms with Gasteiger partial charge in [0.25, 0.3) is 0 Å². The van der Waals surface area contributed by atoms with Gasteiger partial charge in [0.2, 0.25) is 5.91 Å². The Labute approximate surface area is 159 Å². The van der Waals surface area contributed by atoms with Crippen molar-refractivity contribution in [2.24, 2.45) is 17.3 Å². The van der Waals surface area contributed by atoms with Crippen LogP contribution in [0.25, 0.3) is 0 Å². The van der Waals surface area contributed by atoms with Crippen LogP contribution in [0.4, 0.5) is 0 Å². The van der Waals surface area contributed by atoms with Gasteiger partial charge < -0.3 is 4.90 Å². The van der Waals surface area contributed by atoms with E-state index in [0.717, 1.165) is 32.4 Å². The van der Waals surface area contributed by atoms with Crippen LogP contribution in [0.3, 0.4) is 0 Å². The number of pyridine rings is 1. The fourth-order valence-electron chi connectivity index (χ4n) is 6.99. The lowest BCUT2D eigenvalue weighted by Gasteiger charge is -2.62. The van der Waals surface area contributed by atoms with Crippen LogP contribution in [0.5, 0.6) is 0 Å². The maximum Gasteiger partial charge on any atom is 0.228 e. The first-order valence-corrected chi connectivity index (χ1v) is 10.2. The smallest absolute Gasteiger partial charge is 0.228 e. The summed E-state index contributed by atoms with van der Waals surface area (Å²) in [4.78, 5) is 24.2. The van der Waals surface area contributed by atoms with E-state index in [1.807, 2.05) is 24.8 Å². The van der Waals surface area contributed by atoms with E-state index in [0.29, 0.717) is 23.7 Å². The maximum absolute atomic E-state index is 13.6. The number of carbonyl (C=O) groups excluding carboxylic acids is 1. The van der Waals surface area contributed by atoms with Crippen LogP contribution >= 0.6 is 0 Å². The average Bonchev–Trinajstić information content (AvgIpc) is 3.16. The van der Waals surface area contributed by atoms with E-state index >= 15 is 0 Å². The molecule has 0 spiro atoms. The van der Waals surface area contributed by atoms with Gasteiger partial charge in [0.05, 0.1) is 11.0 Å². The van der Waals surface area contributed by atoms with Gasteiger partial charge >= 0.3 is 0 Å². The topological polar surface area (TPSA) is 63.9 Å². The monoisotopic (exact) mass is 363 g/mol. The average molecular weight is 363 g/mol. The second kappa shape index (κ2) is 5.40. The van der Waals surface area contributed by atoms with E-state index in [-0.39, 0.29) is 11.0 Å². The highest BCUT2D eigenvalue weighted by Gasteiger charge is 2.62. The van der Waals surface area contributed by atoms with Gasteiger partial charge in [-0.2, -0.15) is 5.10 Å². The number of carbonyl (C=O) groups is 1. The van der Waals surface area contributed by atoms with Crippen molar-refractivity contribution in [1.82, 2.24) is 24.6 Å². The summed E-state index contributed by atoms with van der Waals surface area (Å²) in [6.45, 7) is 1.69. The number of likely N-dealkylation sites (tertiary alicyclic amines) is 1. The van der Waals surface area contributed by atoms with Gasteiger partial charge in [-0.05, 0) is 62.0 Å². The molecular weight excluding hydrogens is 338 g/mol. The van der Waals surface area contributed by atoms with Crippen molar-refractivity contribution in [3.05, 3.63) is 42.7 Å². The van der Waals surface area contributed by atoms with E-state index in [1.165, 1.54) is 24.8 Å². The minimum Gasteiger partial charge on any atom is -0.341 e. The number of aromatic nitrogens is 4. The summed E-state index contributed by atoms with van der Waals surface area (Å²) in [6, 6.07) is 4.12. The first kappa shape index (κ1) is 15.8. The largest absolute Gasteiger partial charge is 0.341 e. The summed E-state index contributed by atoms with van der Waals surface area (Å²) < 4.78 is 2.08. The van der Waals surface area contributed by atoms with Gasteiger partial charge in [0.15, 0.2) is 0 Å². The van der Waals surface area contributed by atoms with Gasteiger partial charge in [-0.1, -0.05) is 6.07 Å². The summed E-state index contributed by atoms with van der Waals surface area (Å²) in [5.74, 6) is 2.17. The second-order valence-corrected chi connectivity index (χ2v) is 9.50. The number of hydrogen-bond acceptors (Lipinski definition) is 4. The van der Waals surface area contributed by atoms with E-state index < -0.39 is 0 Å². The second-order valence-electron chi connectivity index (χ2n) is 9.50. The molecule has 140 valence electrons. The Hall–Kier alpha value is -2.24. The third-order valence-electron chi connectivity index (χ3n) is 7.71. The molecule has 6 nitrogen and oxygen atoms in total. The van der Waals surface area contributed by atoms with Gasteiger partial charge in [0, 0.05) is 31.4 Å². The molecule has 5 fully saturated rings. The molecule has 0 aromatic carbocycles. The Morgan fingerprint density at radius 3 is 2.59 bits per heavy atom. The fourth-order valence-corrected chi connectivity index (χ4v) is 6.99. The number of hydrogen-bond donors (Lipinski definition) is 0. The van der Waals surface area contributed by atoms with Crippen molar-refractivity contribution in [1.29, 1.82) is 0 Å². The fraction of sp³-hybridized carbons (Fsp3) is 0.619. The molecule has 27 heavy (non-hydrogen) atoms. The van der Waals surface area contributed by atoms with Crippen LogP contribution in [0.15, 0.2) is 37.2 Å². The Morgan fingerprint density at radius 1 is 1.11 bits per heavy atom. The lowest BCUT2D eigenvalue weighted by Crippen LogP contribution is -2.63. The standard InChI is InChI=1S/C21H25N5O/c27-19(25-10-18(11-25)17-2-1-3-22-9-17)20-5-15-4-16(6-20)8-21(7-15,12-20)26-14-23-13-24-26/h1-3,9,13-16,18H,4-8,10-12H2/t15-,16-,20?,21?/m1/s1. The summed E-state index contributed by atoms with van der Waals surface area (Å²) in [6.07, 6.45) is 14.0. The molecule has 2 aromatic rings. The first-order chi connectivity index (χ1) is 13.2. The molecule has 5 aliphatic rings. The minimum atomic E-state index is -0.171. The van der Waals surface area contributed by atoms with Crippen LogP contribution in [0, 0.1) is 17.3 Å². The minimum absolute atomic E-state index is 0.0177. The Morgan fingerprint density at radius 2 is 1.93 bits per heavy atom. The third-order valence-corrected chi connectivity index (χ3v) is 7.71. The Bertz CT molecular complexity index is 844. The van der Waals surface area contributed by atoms with Crippen molar-refractivity contribution in [2.45, 2.75) is 50.0 Å². The lowest BCUT2D eigenvalue weighted by atomic mass is 9.46. The third kappa shape index (κ3) is 2.25. The van der Waals surface area contributed by atoms with Gasteiger partial charge in [0.1, 0.15) is 12.7 Å². The highest BCUT2D eigenvalue weighted by Crippen LogP contribution is 2.64. The highest BCUT2D eigenvalue weighted by molar-refractivity contribution is 5.84. The van der Waals surface area contributed by atoms with Crippen molar-refractivity contribution in [3.63, 3.8) is 0 Å². The predicted molar refractivity (Wildman–Crippen MR) is 98.7 cm³/mol. The summed E-state index contributed by atoms with van der Waals surface area (Å²) in [7, 11) is 0.